The molecule has 4 rings (SSSR count). The first-order chi connectivity index (χ1) is 14.0. The van der Waals surface area contributed by atoms with Gasteiger partial charge in [-0.1, -0.05) is 48.5 Å². The van der Waals surface area contributed by atoms with Crippen LogP contribution >= 0.6 is 0 Å². The maximum Gasteiger partial charge on any atom is 0.339 e. The number of hydrogen-bond acceptors (Lipinski definition) is 4. The second-order valence-corrected chi connectivity index (χ2v) is 7.27. The predicted octanol–water partition coefficient (Wildman–Crippen LogP) is 2.95. The van der Waals surface area contributed by atoms with Crippen LogP contribution in [0.2, 0.25) is 0 Å². The van der Waals surface area contributed by atoms with Gasteiger partial charge in [-0.25, -0.2) is 4.79 Å². The minimum Gasteiger partial charge on any atom is -0.448 e. The van der Waals surface area contributed by atoms with Crippen LogP contribution in [-0.4, -0.2) is 27.8 Å². The molecule has 1 amide bonds. The molecule has 29 heavy (non-hydrogen) atoms. The van der Waals surface area contributed by atoms with Gasteiger partial charge in [-0.05, 0) is 31.0 Å². The molecule has 1 aromatic heterocycles. The number of aryl methyl sites for hydroxylation is 1. The highest BCUT2D eigenvalue weighted by Crippen LogP contribution is 2.21. The molecule has 0 aliphatic carbocycles. The Bertz CT molecular complexity index is 1060. The van der Waals surface area contributed by atoms with Crippen LogP contribution in [0.1, 0.15) is 38.4 Å². The van der Waals surface area contributed by atoms with Crippen LogP contribution < -0.4 is 5.32 Å². The number of ether oxygens (including phenoxy) is 1. The van der Waals surface area contributed by atoms with Crippen LogP contribution in [0.3, 0.4) is 0 Å². The topological polar surface area (TPSA) is 73.2 Å². The number of carbonyl (C=O) groups is 2. The fraction of sp³-hybridized carbons (Fsp3) is 0.261. The van der Waals surface area contributed by atoms with Crippen molar-refractivity contribution in [3.63, 3.8) is 0 Å². The van der Waals surface area contributed by atoms with Gasteiger partial charge in [0, 0.05) is 24.2 Å². The lowest BCUT2D eigenvalue weighted by molar-refractivity contribution is -0.130. The fourth-order valence-corrected chi connectivity index (χ4v) is 3.67. The Morgan fingerprint density at radius 3 is 2.66 bits per heavy atom. The van der Waals surface area contributed by atoms with Gasteiger partial charge in [0.05, 0.1) is 17.8 Å². The van der Waals surface area contributed by atoms with Crippen molar-refractivity contribution in [1.82, 2.24) is 15.1 Å². The molecule has 0 bridgehead atoms. The number of amides is 1. The Balaban J connectivity index is 1.43. The van der Waals surface area contributed by atoms with E-state index < -0.39 is 12.1 Å². The average Bonchev–Trinajstić information content (AvgIpc) is 2.99. The normalized spacial score (nSPS) is 15.5. The molecule has 1 unspecified atom stereocenters. The summed E-state index contributed by atoms with van der Waals surface area (Å²) in [4.78, 5) is 24.8. The maximum atomic E-state index is 12.6. The van der Waals surface area contributed by atoms with E-state index in [4.69, 9.17) is 4.74 Å². The number of rotatable bonds is 5. The van der Waals surface area contributed by atoms with Crippen molar-refractivity contribution in [1.29, 1.82) is 0 Å². The molecule has 3 aromatic rings. The lowest BCUT2D eigenvalue weighted by Gasteiger charge is -2.23. The van der Waals surface area contributed by atoms with Crippen LogP contribution in [-0.2, 0) is 29.0 Å². The van der Waals surface area contributed by atoms with Gasteiger partial charge >= 0.3 is 5.97 Å². The molecule has 6 nitrogen and oxygen atoms in total. The highest BCUT2D eigenvalue weighted by molar-refractivity contribution is 5.95. The molecule has 2 heterocycles. The standard InChI is InChI=1S/C23H23N3O3/c1-15-20(16(2)26(25-15)14-17-8-4-3-5-9-17)13-24-22(27)21-12-18-10-6-7-11-19(18)23(28)29-21/h3-11,21H,12-14H2,1-2H3,(H,24,27). The molecular formula is C23H23N3O3. The van der Waals surface area contributed by atoms with Crippen molar-refractivity contribution >= 4 is 11.9 Å². The zero-order chi connectivity index (χ0) is 20.4. The monoisotopic (exact) mass is 389 g/mol. The first-order valence-electron chi connectivity index (χ1n) is 9.66. The number of nitrogens with one attached hydrogen (secondary N) is 1. The first kappa shape index (κ1) is 18.9. The summed E-state index contributed by atoms with van der Waals surface area (Å²) >= 11 is 0. The quantitative estimate of drug-likeness (QED) is 0.681. The van der Waals surface area contributed by atoms with Crippen molar-refractivity contribution in [3.05, 3.63) is 88.2 Å². The zero-order valence-electron chi connectivity index (χ0n) is 16.5. The Labute approximate surface area is 169 Å². The summed E-state index contributed by atoms with van der Waals surface area (Å²) in [5, 5.41) is 7.53. The van der Waals surface area contributed by atoms with Crippen LogP contribution in [0.15, 0.2) is 54.6 Å². The number of carbonyl (C=O) groups excluding carboxylic acids is 2. The smallest absolute Gasteiger partial charge is 0.339 e. The SMILES string of the molecule is Cc1nn(Cc2ccccc2)c(C)c1CNC(=O)C1Cc2ccccc2C(=O)O1. The van der Waals surface area contributed by atoms with Crippen LogP contribution in [0.5, 0.6) is 0 Å². The average molecular weight is 389 g/mol. The number of aromatic nitrogens is 2. The van der Waals surface area contributed by atoms with Gasteiger partial charge < -0.3 is 10.1 Å². The minimum atomic E-state index is -0.808. The minimum absolute atomic E-state index is 0.289. The second kappa shape index (κ2) is 7.91. The van der Waals surface area contributed by atoms with E-state index in [1.54, 1.807) is 12.1 Å². The van der Waals surface area contributed by atoms with E-state index in [1.165, 1.54) is 5.56 Å². The van der Waals surface area contributed by atoms with Crippen LogP contribution in [0.4, 0.5) is 0 Å². The molecule has 1 N–H and O–H groups in total. The Kier molecular flexibility index (Phi) is 5.16. The molecular weight excluding hydrogens is 366 g/mol. The number of esters is 1. The molecule has 1 aliphatic rings. The predicted molar refractivity (Wildman–Crippen MR) is 108 cm³/mol. The molecule has 0 fully saturated rings. The summed E-state index contributed by atoms with van der Waals surface area (Å²) in [7, 11) is 0. The van der Waals surface area contributed by atoms with Crippen molar-refractivity contribution in [2.24, 2.45) is 0 Å². The molecule has 6 heteroatoms. The maximum absolute atomic E-state index is 12.6. The second-order valence-electron chi connectivity index (χ2n) is 7.27. The van der Waals surface area contributed by atoms with Gasteiger partial charge in [0.2, 0.25) is 0 Å². The number of nitrogens with zero attached hydrogens (tertiary/aromatic N) is 2. The molecule has 1 aliphatic heterocycles. The van der Waals surface area contributed by atoms with Crippen molar-refractivity contribution < 1.29 is 14.3 Å². The number of cyclic esters (lactones) is 1. The zero-order valence-corrected chi connectivity index (χ0v) is 16.5. The Morgan fingerprint density at radius 1 is 1.14 bits per heavy atom. The van der Waals surface area contributed by atoms with Crippen LogP contribution in [0.25, 0.3) is 0 Å². The van der Waals surface area contributed by atoms with E-state index in [2.05, 4.69) is 22.5 Å². The highest BCUT2D eigenvalue weighted by atomic mass is 16.5. The van der Waals surface area contributed by atoms with Gasteiger partial charge in [-0.2, -0.15) is 5.10 Å². The molecule has 148 valence electrons. The van der Waals surface area contributed by atoms with E-state index in [1.807, 2.05) is 48.9 Å². The van der Waals surface area contributed by atoms with E-state index in [9.17, 15) is 9.59 Å². The highest BCUT2D eigenvalue weighted by Gasteiger charge is 2.31. The molecule has 0 saturated heterocycles. The summed E-state index contributed by atoms with van der Waals surface area (Å²) in [5.74, 6) is -0.738. The first-order valence-corrected chi connectivity index (χ1v) is 9.66. The van der Waals surface area contributed by atoms with Gasteiger partial charge in [0.25, 0.3) is 5.91 Å². The van der Waals surface area contributed by atoms with E-state index in [0.29, 0.717) is 25.1 Å². The van der Waals surface area contributed by atoms with Gasteiger partial charge in [0.15, 0.2) is 6.10 Å². The third-order valence-corrected chi connectivity index (χ3v) is 5.33. The third-order valence-electron chi connectivity index (χ3n) is 5.33. The van der Waals surface area contributed by atoms with Crippen LogP contribution in [0, 0.1) is 13.8 Å². The Morgan fingerprint density at radius 2 is 1.86 bits per heavy atom. The van der Waals surface area contributed by atoms with Gasteiger partial charge in [-0.15, -0.1) is 0 Å². The number of fused-ring (bicyclic) bond motifs is 1. The van der Waals surface area contributed by atoms with E-state index in [-0.39, 0.29) is 5.91 Å². The molecule has 1 atom stereocenters. The number of benzene rings is 2. The molecule has 0 spiro atoms. The third kappa shape index (κ3) is 3.92. The van der Waals surface area contributed by atoms with E-state index >= 15 is 0 Å². The van der Waals surface area contributed by atoms with Crippen molar-refractivity contribution in [2.45, 2.75) is 39.5 Å². The summed E-state index contributed by atoms with van der Waals surface area (Å²) in [5.41, 5.74) is 5.41. The van der Waals surface area contributed by atoms with Gasteiger partial charge in [0.1, 0.15) is 0 Å². The fourth-order valence-electron chi connectivity index (χ4n) is 3.67. The summed E-state index contributed by atoms with van der Waals surface area (Å²) in [6.45, 7) is 4.97. The lowest BCUT2D eigenvalue weighted by atomic mass is 9.98. The summed E-state index contributed by atoms with van der Waals surface area (Å²) < 4.78 is 7.28. The molecule has 2 aromatic carbocycles. The largest absolute Gasteiger partial charge is 0.448 e. The van der Waals surface area contributed by atoms with E-state index in [0.717, 1.165) is 22.5 Å². The number of hydrogen-bond donors (Lipinski definition) is 1. The summed E-state index contributed by atoms with van der Waals surface area (Å²) in [6, 6.07) is 17.4. The molecule has 0 saturated carbocycles. The van der Waals surface area contributed by atoms with Crippen molar-refractivity contribution in [3.8, 4) is 0 Å². The molecule has 0 radical (unpaired) electrons. The summed E-state index contributed by atoms with van der Waals surface area (Å²) in [6.07, 6.45) is -0.420. The Hall–Kier alpha value is -3.41. The van der Waals surface area contributed by atoms with Crippen molar-refractivity contribution in [2.75, 3.05) is 0 Å². The lowest BCUT2D eigenvalue weighted by Crippen LogP contribution is -2.41. The van der Waals surface area contributed by atoms with Gasteiger partial charge in [-0.3, -0.25) is 9.48 Å².